The topological polar surface area (TPSA) is 203 Å². The summed E-state index contributed by atoms with van der Waals surface area (Å²) < 4.78 is 0. The molecule has 0 spiro atoms. The molecule has 2 unspecified atom stereocenters. The van der Waals surface area contributed by atoms with Crippen molar-refractivity contribution in [2.75, 3.05) is 32.8 Å². The lowest BCUT2D eigenvalue weighted by Crippen LogP contribution is -2.37. The third-order valence-corrected chi connectivity index (χ3v) is 15.0. The van der Waals surface area contributed by atoms with Gasteiger partial charge in [-0.05, 0) is 67.3 Å². The summed E-state index contributed by atoms with van der Waals surface area (Å²) in [4.78, 5) is 86.5. The van der Waals surface area contributed by atoms with Crippen molar-refractivity contribution >= 4 is 103 Å². The number of benzene rings is 4. The van der Waals surface area contributed by atoms with Crippen molar-refractivity contribution in [3.8, 4) is 0 Å². The summed E-state index contributed by atoms with van der Waals surface area (Å²) in [6.07, 6.45) is 8.82. The van der Waals surface area contributed by atoms with E-state index in [0.717, 1.165) is 96.0 Å². The van der Waals surface area contributed by atoms with E-state index in [1.54, 1.807) is 0 Å². The molecule has 14 nitrogen and oxygen atoms in total. The van der Waals surface area contributed by atoms with Gasteiger partial charge in [-0.15, -0.1) is 0 Å². The van der Waals surface area contributed by atoms with Crippen LogP contribution in [0.25, 0.3) is 16.7 Å². The van der Waals surface area contributed by atoms with Crippen LogP contribution < -0.4 is 42.6 Å². The van der Waals surface area contributed by atoms with Crippen molar-refractivity contribution in [3.05, 3.63) is 172 Å². The molecule has 8 bridgehead atoms. The van der Waals surface area contributed by atoms with E-state index in [9.17, 15) is 28.8 Å². The SMILES string of the molecule is C.C.C.C.C.C.C.C.CCC(=O)Nc1ccccc1/C1=C2\C=CC(N2)/C(c2ccccc2NC(=O)CSC(C)=O)=c2/cc/c([nH]2)=C(\c2ccccc2NC(=O)CSC(C)=O)C2=N[C@@H](CC2)[C@@H](c2ccccc2NC(=O)CC)C2CC=C1N2. The zero-order valence-corrected chi connectivity index (χ0v) is 43.2. The molecule has 0 fully saturated rings. The number of aromatic nitrogens is 1. The van der Waals surface area contributed by atoms with E-state index in [0.29, 0.717) is 49.2 Å². The van der Waals surface area contributed by atoms with Crippen LogP contribution in [0.2, 0.25) is 0 Å². The third kappa shape index (κ3) is 16.3. The molecule has 4 amide bonds. The smallest absolute Gasteiger partial charge is 0.234 e. The molecule has 7 N–H and O–H groups in total. The second kappa shape index (κ2) is 32.7. The number of carbonyl (C=O) groups excluding carboxylic acids is 6. The van der Waals surface area contributed by atoms with Gasteiger partial charge in [-0.25, -0.2) is 0 Å². The maximum absolute atomic E-state index is 13.5. The Labute approximate surface area is 497 Å². The zero-order valence-electron chi connectivity index (χ0n) is 41.6. The molecule has 16 heteroatoms. The van der Waals surface area contributed by atoms with Crippen molar-refractivity contribution in [2.45, 2.75) is 143 Å². The number of para-hydroxylation sites is 4. The first kappa shape index (κ1) is 72.3. The molecule has 442 valence electrons. The Morgan fingerprint density at radius 1 is 0.561 bits per heavy atom. The van der Waals surface area contributed by atoms with Gasteiger partial charge in [-0.3, -0.25) is 33.8 Å². The molecule has 4 aliphatic rings. The molecule has 9 rings (SSSR count). The van der Waals surface area contributed by atoms with Crippen LogP contribution in [0, 0.1) is 0 Å². The molecule has 0 radical (unpaired) electrons. The predicted molar refractivity (Wildman–Crippen MR) is 352 cm³/mol. The third-order valence-electron chi connectivity index (χ3n) is 13.4. The van der Waals surface area contributed by atoms with Crippen LogP contribution >= 0.6 is 23.5 Å². The maximum Gasteiger partial charge on any atom is 0.234 e. The number of fused-ring (bicyclic) bond motifs is 7. The first-order chi connectivity index (χ1) is 35.9. The molecule has 0 saturated heterocycles. The standard InChI is InChI=1S/C58H58N8O6S2.8CH4/c1-5-51(69)63-39-19-11-7-15-35(39)55-43-23-24-44(59-43)56(36-16-8-12-20-40(36)64-52(70)6-2)46-26-28-48(61-46)58(38-18-10-14-22-42(38)66-54(72)32-74-34(4)68)50-30-29-49(62-50)57(47-27-25-45(55)60-47)37-17-9-13-21-41(37)65-53(71)31-73-33(3)67;;;;;;;;/h7-23,25,27,29-30,44,46-47,56,59-60,62H,5-6,24,26,28,31-32H2,1-4H3,(H,63,69)(H,64,70)(H,65,71)(H,66,72);8*1H4/b55-45-,57-49-,58-50-;;;;;;;;/t44?,46-,47?,56-;;;;;;;;/m0......../s1. The van der Waals surface area contributed by atoms with E-state index in [4.69, 9.17) is 4.99 Å². The lowest BCUT2D eigenvalue weighted by Gasteiger charge is -2.31. The molecule has 0 saturated carbocycles. The van der Waals surface area contributed by atoms with E-state index >= 15 is 0 Å². The number of carbonyl (C=O) groups is 6. The number of hydrogen-bond donors (Lipinski definition) is 7. The molecule has 5 heterocycles. The van der Waals surface area contributed by atoms with Gasteiger partial charge in [-0.2, -0.15) is 0 Å². The van der Waals surface area contributed by atoms with Crippen molar-refractivity contribution in [2.24, 2.45) is 4.99 Å². The Balaban J connectivity index is 0.00000420. The molecule has 82 heavy (non-hydrogen) atoms. The highest BCUT2D eigenvalue weighted by atomic mass is 32.2. The van der Waals surface area contributed by atoms with Crippen LogP contribution in [-0.2, 0) is 28.8 Å². The molecule has 1 aromatic heterocycles. The van der Waals surface area contributed by atoms with E-state index in [1.165, 1.54) is 13.8 Å². The Kier molecular flexibility index (Phi) is 28.8. The molecule has 4 atom stereocenters. The van der Waals surface area contributed by atoms with Gasteiger partial charge in [0.2, 0.25) is 23.6 Å². The fraction of sp³-hybridized carbons (Fsp3) is 0.348. The zero-order chi connectivity index (χ0) is 51.9. The number of aromatic amines is 1. The number of thioether (sulfide) groups is 2. The fourth-order valence-electron chi connectivity index (χ4n) is 10.1. The van der Waals surface area contributed by atoms with Gasteiger partial charge in [0.05, 0.1) is 23.6 Å². The van der Waals surface area contributed by atoms with Crippen molar-refractivity contribution < 1.29 is 28.8 Å². The van der Waals surface area contributed by atoms with E-state index in [1.807, 2.05) is 117 Å². The second-order valence-electron chi connectivity index (χ2n) is 18.3. The first-order valence-corrected chi connectivity index (χ1v) is 26.9. The average molecular weight is 1160 g/mol. The van der Waals surface area contributed by atoms with Gasteiger partial charge < -0.3 is 36.9 Å². The monoisotopic (exact) mass is 1150 g/mol. The summed E-state index contributed by atoms with van der Waals surface area (Å²) in [5.41, 5.74) is 10.6. The highest BCUT2D eigenvalue weighted by Crippen LogP contribution is 2.44. The minimum atomic E-state index is -0.483. The Morgan fingerprint density at radius 3 is 1.60 bits per heavy atom. The largest absolute Gasteiger partial charge is 0.381 e. The van der Waals surface area contributed by atoms with Crippen LogP contribution in [0.3, 0.4) is 0 Å². The highest BCUT2D eigenvalue weighted by Gasteiger charge is 2.39. The number of rotatable bonds is 14. The van der Waals surface area contributed by atoms with Crippen LogP contribution in [0.15, 0.2) is 144 Å². The molecule has 0 aliphatic carbocycles. The number of hydrogen-bond acceptors (Lipinski definition) is 11. The Morgan fingerprint density at radius 2 is 1.04 bits per heavy atom. The summed E-state index contributed by atoms with van der Waals surface area (Å²) >= 11 is 1.88. The second-order valence-corrected chi connectivity index (χ2v) is 20.6. The number of anilines is 4. The van der Waals surface area contributed by atoms with Gasteiger partial charge in [0, 0.05) is 123 Å². The van der Waals surface area contributed by atoms with E-state index in [2.05, 4.69) is 61.2 Å². The summed E-state index contributed by atoms with van der Waals surface area (Å²) in [7, 11) is 0. The van der Waals surface area contributed by atoms with Gasteiger partial charge in [-0.1, -0.05) is 182 Å². The maximum atomic E-state index is 13.5. The van der Waals surface area contributed by atoms with Crippen molar-refractivity contribution in [1.82, 2.24) is 15.6 Å². The number of allylic oxidation sites excluding steroid dienone is 2. The number of aliphatic imine (C=N–C) groups is 1. The van der Waals surface area contributed by atoms with E-state index in [-0.39, 0.29) is 123 Å². The van der Waals surface area contributed by atoms with Crippen LogP contribution in [0.5, 0.6) is 0 Å². The van der Waals surface area contributed by atoms with Gasteiger partial charge in [0.25, 0.3) is 0 Å². The van der Waals surface area contributed by atoms with Crippen molar-refractivity contribution in [1.29, 1.82) is 0 Å². The summed E-state index contributed by atoms with van der Waals surface area (Å²) in [6.45, 7) is 6.53. The highest BCUT2D eigenvalue weighted by molar-refractivity contribution is 8.14. The minimum Gasteiger partial charge on any atom is -0.381 e. The average Bonchev–Trinajstić information content (AvgIpc) is 4.29. The number of amides is 4. The number of H-pyrrole nitrogens is 1. The lowest BCUT2D eigenvalue weighted by molar-refractivity contribution is -0.116. The minimum absolute atomic E-state index is 0. The molecule has 5 aromatic rings. The Bertz CT molecular complexity index is 3340. The van der Waals surface area contributed by atoms with Gasteiger partial charge in [0.15, 0.2) is 10.2 Å². The van der Waals surface area contributed by atoms with Crippen molar-refractivity contribution in [3.63, 3.8) is 0 Å². The van der Waals surface area contributed by atoms with Crippen LogP contribution in [-0.4, -0.2) is 74.2 Å². The molecular weight excluding hydrogens is 1060 g/mol. The van der Waals surface area contributed by atoms with Crippen LogP contribution in [0.4, 0.5) is 22.7 Å². The van der Waals surface area contributed by atoms with Gasteiger partial charge >= 0.3 is 0 Å². The van der Waals surface area contributed by atoms with E-state index < -0.39 is 6.04 Å². The van der Waals surface area contributed by atoms with Gasteiger partial charge in [0.1, 0.15) is 0 Å². The number of nitrogens with one attached hydrogen (secondary N) is 7. The quantitative estimate of drug-likeness (QED) is 0.0561. The fourth-order valence-corrected chi connectivity index (χ4v) is 10.9. The first-order valence-electron chi connectivity index (χ1n) is 24.9. The Hall–Kier alpha value is -7.69. The molecule has 4 aromatic carbocycles. The normalized spacial score (nSPS) is 19.1. The van der Waals surface area contributed by atoms with Crippen LogP contribution in [0.1, 0.15) is 147 Å². The summed E-state index contributed by atoms with van der Waals surface area (Å²) in [6, 6.07) is 34.0. The number of nitrogens with zero attached hydrogens (tertiary/aromatic N) is 1. The molecular formula is C66H90N8O6S2. The molecule has 4 aliphatic heterocycles. The summed E-state index contributed by atoms with van der Waals surface area (Å²) in [5.74, 6) is -1.21. The lowest BCUT2D eigenvalue weighted by atomic mass is 9.82. The predicted octanol–water partition coefficient (Wildman–Crippen LogP) is 13.2. The summed E-state index contributed by atoms with van der Waals surface area (Å²) in [5, 5.41) is 21.5.